The Kier molecular flexibility index (Phi) is 4.21. The van der Waals surface area contributed by atoms with Crippen LogP contribution in [0.25, 0.3) is 11.1 Å². The molecule has 0 heterocycles. The minimum absolute atomic E-state index is 0.0595. The van der Waals surface area contributed by atoms with E-state index in [1.165, 1.54) is 31.2 Å². The molecule has 1 unspecified atom stereocenters. The zero-order chi connectivity index (χ0) is 16.4. The Balaban J connectivity index is 2.46. The Hall–Kier alpha value is -2.76. The van der Waals surface area contributed by atoms with Gasteiger partial charge in [0.1, 0.15) is 11.6 Å². The second-order valence-corrected chi connectivity index (χ2v) is 4.80. The third-order valence-electron chi connectivity index (χ3n) is 3.37. The number of benzene rings is 2. The summed E-state index contributed by atoms with van der Waals surface area (Å²) in [6.45, 7) is 1.42. The quantitative estimate of drug-likeness (QED) is 0.906. The Labute approximate surface area is 124 Å². The first kappa shape index (κ1) is 15.6. The van der Waals surface area contributed by atoms with Crippen LogP contribution in [-0.4, -0.2) is 22.2 Å². The maximum atomic E-state index is 14.1. The summed E-state index contributed by atoms with van der Waals surface area (Å²) in [5, 5.41) is 17.7. The van der Waals surface area contributed by atoms with E-state index in [0.717, 1.165) is 12.1 Å². The summed E-state index contributed by atoms with van der Waals surface area (Å²) in [5.41, 5.74) is -0.123. The van der Waals surface area contributed by atoms with Crippen molar-refractivity contribution >= 4 is 11.9 Å². The summed E-state index contributed by atoms with van der Waals surface area (Å²) < 4.78 is 28.1. The lowest BCUT2D eigenvalue weighted by atomic mass is 9.96. The van der Waals surface area contributed by atoms with Gasteiger partial charge in [-0.2, -0.15) is 0 Å². The van der Waals surface area contributed by atoms with Crippen LogP contribution < -0.4 is 0 Å². The van der Waals surface area contributed by atoms with Gasteiger partial charge in [-0.3, -0.25) is 4.79 Å². The molecule has 114 valence electrons. The van der Waals surface area contributed by atoms with Crippen molar-refractivity contribution in [3.63, 3.8) is 0 Å². The molecule has 0 radical (unpaired) electrons. The summed E-state index contributed by atoms with van der Waals surface area (Å²) in [7, 11) is 0. The standard InChI is InChI=1S/C16H12F2O4/c1-8(15(19)20)9-2-4-11(13(17)6-9)12-5-3-10(16(21)22)7-14(12)18/h2-8H,1H3,(H,19,20)(H,21,22). The fourth-order valence-corrected chi connectivity index (χ4v) is 2.03. The molecule has 4 nitrogen and oxygen atoms in total. The van der Waals surface area contributed by atoms with E-state index in [9.17, 15) is 18.4 Å². The van der Waals surface area contributed by atoms with Crippen LogP contribution in [-0.2, 0) is 4.79 Å². The molecule has 2 rings (SSSR count). The van der Waals surface area contributed by atoms with Gasteiger partial charge in [0, 0.05) is 11.1 Å². The van der Waals surface area contributed by atoms with Crippen LogP contribution in [0.15, 0.2) is 36.4 Å². The van der Waals surface area contributed by atoms with Crippen LogP contribution in [0.1, 0.15) is 28.8 Å². The lowest BCUT2D eigenvalue weighted by Crippen LogP contribution is -2.07. The number of rotatable bonds is 4. The maximum absolute atomic E-state index is 14.1. The maximum Gasteiger partial charge on any atom is 0.335 e. The van der Waals surface area contributed by atoms with Gasteiger partial charge < -0.3 is 10.2 Å². The van der Waals surface area contributed by atoms with Crippen molar-refractivity contribution in [2.45, 2.75) is 12.8 Å². The normalized spacial score (nSPS) is 12.0. The highest BCUT2D eigenvalue weighted by Crippen LogP contribution is 2.29. The van der Waals surface area contributed by atoms with Gasteiger partial charge in [0.05, 0.1) is 11.5 Å². The van der Waals surface area contributed by atoms with Crippen LogP contribution in [0, 0.1) is 11.6 Å². The largest absolute Gasteiger partial charge is 0.481 e. The second kappa shape index (κ2) is 5.93. The molecule has 6 heteroatoms. The van der Waals surface area contributed by atoms with E-state index in [1.54, 1.807) is 0 Å². The van der Waals surface area contributed by atoms with Gasteiger partial charge in [-0.1, -0.05) is 18.2 Å². The number of hydrogen-bond donors (Lipinski definition) is 2. The molecule has 2 aromatic rings. The molecule has 0 aliphatic heterocycles. The van der Waals surface area contributed by atoms with Crippen LogP contribution in [0.3, 0.4) is 0 Å². The van der Waals surface area contributed by atoms with Gasteiger partial charge in [-0.15, -0.1) is 0 Å². The predicted molar refractivity (Wildman–Crippen MR) is 74.8 cm³/mol. The molecule has 2 N–H and O–H groups in total. The second-order valence-electron chi connectivity index (χ2n) is 4.80. The Bertz CT molecular complexity index is 756. The van der Waals surface area contributed by atoms with Crippen molar-refractivity contribution in [1.29, 1.82) is 0 Å². The molecule has 0 amide bonds. The zero-order valence-electron chi connectivity index (χ0n) is 11.5. The molecular weight excluding hydrogens is 294 g/mol. The third kappa shape index (κ3) is 2.95. The zero-order valence-corrected chi connectivity index (χ0v) is 11.5. The average molecular weight is 306 g/mol. The number of aliphatic carboxylic acids is 1. The van der Waals surface area contributed by atoms with E-state index in [-0.39, 0.29) is 22.3 Å². The van der Waals surface area contributed by atoms with Gasteiger partial charge in [0.15, 0.2) is 0 Å². The van der Waals surface area contributed by atoms with Crippen LogP contribution in [0.2, 0.25) is 0 Å². The summed E-state index contributed by atoms with van der Waals surface area (Å²) in [4.78, 5) is 21.6. The van der Waals surface area contributed by atoms with E-state index in [2.05, 4.69) is 0 Å². The number of carboxylic acids is 2. The molecular formula is C16H12F2O4. The van der Waals surface area contributed by atoms with Crippen molar-refractivity contribution in [3.05, 3.63) is 59.2 Å². The molecule has 0 spiro atoms. The van der Waals surface area contributed by atoms with Crippen molar-refractivity contribution in [1.82, 2.24) is 0 Å². The fourth-order valence-electron chi connectivity index (χ4n) is 2.03. The molecule has 0 saturated carbocycles. The van der Waals surface area contributed by atoms with E-state index in [0.29, 0.717) is 0 Å². The molecule has 0 saturated heterocycles. The van der Waals surface area contributed by atoms with E-state index >= 15 is 0 Å². The van der Waals surface area contributed by atoms with E-state index < -0.39 is 29.5 Å². The van der Waals surface area contributed by atoms with Gasteiger partial charge in [-0.05, 0) is 30.7 Å². The minimum Gasteiger partial charge on any atom is -0.481 e. The van der Waals surface area contributed by atoms with Gasteiger partial charge >= 0.3 is 11.9 Å². The first-order valence-electron chi connectivity index (χ1n) is 6.36. The number of hydrogen-bond acceptors (Lipinski definition) is 2. The summed E-state index contributed by atoms with van der Waals surface area (Å²) in [5.74, 6) is -4.89. The summed E-state index contributed by atoms with van der Waals surface area (Å²) >= 11 is 0. The van der Waals surface area contributed by atoms with E-state index in [4.69, 9.17) is 10.2 Å². The molecule has 0 aliphatic carbocycles. The lowest BCUT2D eigenvalue weighted by Gasteiger charge is -2.10. The van der Waals surface area contributed by atoms with Crippen molar-refractivity contribution in [2.24, 2.45) is 0 Å². The Morgan fingerprint density at radius 1 is 0.955 bits per heavy atom. The number of carboxylic acid groups (broad SMARTS) is 2. The van der Waals surface area contributed by atoms with Crippen molar-refractivity contribution < 1.29 is 28.6 Å². The molecule has 0 aromatic heterocycles. The summed E-state index contributed by atoms with van der Waals surface area (Å²) in [6.07, 6.45) is 0. The highest BCUT2D eigenvalue weighted by Gasteiger charge is 2.18. The fraction of sp³-hybridized carbons (Fsp3) is 0.125. The molecule has 22 heavy (non-hydrogen) atoms. The summed E-state index contributed by atoms with van der Waals surface area (Å²) in [6, 6.07) is 6.89. The molecule has 0 aliphatic rings. The number of halogens is 2. The van der Waals surface area contributed by atoms with Crippen LogP contribution >= 0.6 is 0 Å². The number of carbonyl (C=O) groups is 2. The highest BCUT2D eigenvalue weighted by molar-refractivity contribution is 5.88. The molecule has 1 atom stereocenters. The van der Waals surface area contributed by atoms with Crippen LogP contribution in [0.4, 0.5) is 8.78 Å². The first-order valence-corrected chi connectivity index (χ1v) is 6.36. The smallest absolute Gasteiger partial charge is 0.335 e. The van der Waals surface area contributed by atoms with E-state index in [1.807, 2.05) is 0 Å². The van der Waals surface area contributed by atoms with Crippen molar-refractivity contribution in [3.8, 4) is 11.1 Å². The third-order valence-corrected chi connectivity index (χ3v) is 3.37. The topological polar surface area (TPSA) is 74.6 Å². The van der Waals surface area contributed by atoms with Crippen molar-refractivity contribution in [2.75, 3.05) is 0 Å². The minimum atomic E-state index is -1.28. The Morgan fingerprint density at radius 2 is 1.50 bits per heavy atom. The van der Waals surface area contributed by atoms with Crippen LogP contribution in [0.5, 0.6) is 0 Å². The highest BCUT2D eigenvalue weighted by atomic mass is 19.1. The van der Waals surface area contributed by atoms with Gasteiger partial charge in [-0.25, -0.2) is 13.6 Å². The molecule has 2 aromatic carbocycles. The van der Waals surface area contributed by atoms with Gasteiger partial charge in [0.2, 0.25) is 0 Å². The SMILES string of the molecule is CC(C(=O)O)c1ccc(-c2ccc(C(=O)O)cc2F)c(F)c1. The predicted octanol–water partition coefficient (Wildman–Crippen LogP) is 3.52. The number of aromatic carboxylic acids is 1. The average Bonchev–Trinajstić information content (AvgIpc) is 2.46. The monoisotopic (exact) mass is 306 g/mol. The Morgan fingerprint density at radius 3 is 1.95 bits per heavy atom. The lowest BCUT2D eigenvalue weighted by molar-refractivity contribution is -0.138. The first-order chi connectivity index (χ1) is 10.3. The molecule has 0 fully saturated rings. The molecule has 0 bridgehead atoms. The van der Waals surface area contributed by atoms with Gasteiger partial charge in [0.25, 0.3) is 0 Å².